The van der Waals surface area contributed by atoms with Crippen LogP contribution in [-0.2, 0) is 4.79 Å². The van der Waals surface area contributed by atoms with Crippen molar-refractivity contribution in [3.8, 4) is 11.5 Å². The number of H-pyrrole nitrogens is 1. The number of carbonyl (C=O) groups excluding carboxylic acids is 1. The van der Waals surface area contributed by atoms with Gasteiger partial charge in [0.25, 0.3) is 0 Å². The Morgan fingerprint density at radius 1 is 0.968 bits per heavy atom. The van der Waals surface area contributed by atoms with Gasteiger partial charge in [-0.1, -0.05) is 54.2 Å². The third kappa shape index (κ3) is 5.00. The number of carbonyl (C=O) groups is 1. The van der Waals surface area contributed by atoms with Crippen molar-refractivity contribution in [2.75, 3.05) is 20.0 Å². The van der Waals surface area contributed by atoms with Crippen molar-refractivity contribution >= 4 is 28.7 Å². The first-order valence-corrected chi connectivity index (χ1v) is 10.8. The van der Waals surface area contributed by atoms with Gasteiger partial charge in [0.1, 0.15) is 11.5 Å². The number of aromatic nitrogens is 2. The summed E-state index contributed by atoms with van der Waals surface area (Å²) in [5.41, 5.74) is 3.72. The molecule has 0 bridgehead atoms. The molecule has 0 aliphatic carbocycles. The van der Waals surface area contributed by atoms with E-state index in [2.05, 4.69) is 15.3 Å². The lowest BCUT2D eigenvalue weighted by molar-refractivity contribution is -0.119. The van der Waals surface area contributed by atoms with Crippen LogP contribution in [0.2, 0.25) is 0 Å². The van der Waals surface area contributed by atoms with E-state index >= 15 is 0 Å². The molecule has 0 saturated carbocycles. The molecule has 6 nitrogen and oxygen atoms in total. The van der Waals surface area contributed by atoms with E-state index < -0.39 is 0 Å². The third-order valence-corrected chi connectivity index (χ3v) is 5.77. The van der Waals surface area contributed by atoms with Crippen molar-refractivity contribution in [2.24, 2.45) is 0 Å². The van der Waals surface area contributed by atoms with Crippen LogP contribution in [0.4, 0.5) is 0 Å². The maximum atomic E-state index is 12.8. The number of aromatic amines is 1. The number of hydrogen-bond acceptors (Lipinski definition) is 5. The molecule has 31 heavy (non-hydrogen) atoms. The van der Waals surface area contributed by atoms with Crippen molar-refractivity contribution in [1.29, 1.82) is 0 Å². The quantitative estimate of drug-likeness (QED) is 0.398. The molecular weight excluding hydrogens is 410 g/mol. The largest absolute Gasteiger partial charge is 0.497 e. The van der Waals surface area contributed by atoms with E-state index in [9.17, 15) is 4.79 Å². The fraction of sp³-hybridized carbons (Fsp3) is 0.167. The minimum atomic E-state index is -0.250. The number of nitrogens with one attached hydrogen (secondary N) is 2. The molecule has 7 heteroatoms. The van der Waals surface area contributed by atoms with E-state index in [-0.39, 0.29) is 17.7 Å². The predicted octanol–water partition coefficient (Wildman–Crippen LogP) is 4.58. The molecule has 1 unspecified atom stereocenters. The summed E-state index contributed by atoms with van der Waals surface area (Å²) in [6.45, 7) is 0. The van der Waals surface area contributed by atoms with Gasteiger partial charge >= 0.3 is 0 Å². The standard InChI is InChI=1S/C24H23N3O3S/c1-29-18-10-8-17(9-11-18)23(16-6-4-3-5-7-16)27-22(28)15-31-24-25-20-13-12-19(30-2)14-21(20)26-24/h3-14,23H,15H2,1-2H3,(H,25,26)(H,27,28). The molecule has 1 aromatic heterocycles. The first-order valence-electron chi connectivity index (χ1n) is 9.81. The van der Waals surface area contributed by atoms with E-state index in [1.165, 1.54) is 11.8 Å². The number of methoxy groups -OCH3 is 2. The molecule has 0 aliphatic heterocycles. The Bertz CT molecular complexity index is 1160. The molecule has 0 spiro atoms. The highest BCUT2D eigenvalue weighted by molar-refractivity contribution is 7.99. The lowest BCUT2D eigenvalue weighted by atomic mass is 9.98. The fourth-order valence-corrected chi connectivity index (χ4v) is 3.99. The van der Waals surface area contributed by atoms with Gasteiger partial charge < -0.3 is 19.8 Å². The van der Waals surface area contributed by atoms with Crippen molar-refractivity contribution in [3.63, 3.8) is 0 Å². The zero-order valence-electron chi connectivity index (χ0n) is 17.3. The highest BCUT2D eigenvalue weighted by Crippen LogP contribution is 2.26. The first-order chi connectivity index (χ1) is 15.2. The SMILES string of the molecule is COc1ccc(C(NC(=O)CSc2nc3ccc(OC)cc3[nH]2)c2ccccc2)cc1. The molecule has 158 valence electrons. The Balaban J connectivity index is 1.47. The van der Waals surface area contributed by atoms with Gasteiger partial charge in [-0.3, -0.25) is 4.79 Å². The number of hydrogen-bond donors (Lipinski definition) is 2. The van der Waals surface area contributed by atoms with Gasteiger partial charge in [0.15, 0.2) is 5.16 Å². The topological polar surface area (TPSA) is 76.2 Å². The number of benzene rings is 3. The first kappa shape index (κ1) is 20.8. The Morgan fingerprint density at radius 2 is 1.65 bits per heavy atom. The number of imidazole rings is 1. The van der Waals surface area contributed by atoms with E-state index in [1.807, 2.05) is 72.8 Å². The lowest BCUT2D eigenvalue weighted by Gasteiger charge is -2.20. The summed E-state index contributed by atoms with van der Waals surface area (Å²) < 4.78 is 10.5. The number of thioether (sulfide) groups is 1. The van der Waals surface area contributed by atoms with Crippen LogP contribution >= 0.6 is 11.8 Å². The van der Waals surface area contributed by atoms with Crippen molar-refractivity contribution in [2.45, 2.75) is 11.2 Å². The summed E-state index contributed by atoms with van der Waals surface area (Å²) in [4.78, 5) is 20.6. The Morgan fingerprint density at radius 3 is 2.35 bits per heavy atom. The monoisotopic (exact) mass is 433 g/mol. The molecule has 2 N–H and O–H groups in total. The Labute approximate surface area is 185 Å². The van der Waals surface area contributed by atoms with Gasteiger partial charge in [0.2, 0.25) is 5.91 Å². The van der Waals surface area contributed by atoms with Gasteiger partial charge in [0.05, 0.1) is 37.0 Å². The van der Waals surface area contributed by atoms with E-state index in [0.29, 0.717) is 5.16 Å². The Kier molecular flexibility index (Phi) is 6.43. The van der Waals surface area contributed by atoms with E-state index in [0.717, 1.165) is 33.7 Å². The molecular formula is C24H23N3O3S. The summed E-state index contributed by atoms with van der Waals surface area (Å²) in [5, 5.41) is 3.84. The second-order valence-electron chi connectivity index (χ2n) is 6.90. The van der Waals surface area contributed by atoms with Gasteiger partial charge in [-0.15, -0.1) is 0 Å². The number of fused-ring (bicyclic) bond motifs is 1. The van der Waals surface area contributed by atoms with E-state index in [1.54, 1.807) is 14.2 Å². The highest BCUT2D eigenvalue weighted by atomic mass is 32.2. The average molecular weight is 434 g/mol. The van der Waals surface area contributed by atoms with Gasteiger partial charge in [-0.25, -0.2) is 4.98 Å². The zero-order chi connectivity index (χ0) is 21.6. The average Bonchev–Trinajstić information content (AvgIpc) is 3.24. The molecule has 1 heterocycles. The molecule has 1 atom stereocenters. The zero-order valence-corrected chi connectivity index (χ0v) is 18.1. The van der Waals surface area contributed by atoms with Crippen LogP contribution < -0.4 is 14.8 Å². The number of nitrogens with zero attached hydrogens (tertiary/aromatic N) is 1. The summed E-state index contributed by atoms with van der Waals surface area (Å²) in [5.74, 6) is 1.71. The van der Waals surface area contributed by atoms with Crippen molar-refractivity contribution in [1.82, 2.24) is 15.3 Å². The number of amides is 1. The number of ether oxygens (including phenoxy) is 2. The van der Waals surface area contributed by atoms with Crippen LogP contribution in [0, 0.1) is 0 Å². The molecule has 3 aromatic carbocycles. The summed E-state index contributed by atoms with van der Waals surface area (Å²) in [6.07, 6.45) is 0. The second kappa shape index (κ2) is 9.57. The smallest absolute Gasteiger partial charge is 0.231 e. The van der Waals surface area contributed by atoms with Crippen molar-refractivity contribution < 1.29 is 14.3 Å². The summed E-state index contributed by atoms with van der Waals surface area (Å²) in [7, 11) is 3.26. The molecule has 0 radical (unpaired) electrons. The van der Waals surface area contributed by atoms with Crippen LogP contribution in [0.5, 0.6) is 11.5 Å². The molecule has 1 amide bonds. The molecule has 0 saturated heterocycles. The second-order valence-corrected chi connectivity index (χ2v) is 7.86. The van der Waals surface area contributed by atoms with Gasteiger partial charge in [-0.05, 0) is 35.4 Å². The lowest BCUT2D eigenvalue weighted by Crippen LogP contribution is -2.30. The van der Waals surface area contributed by atoms with Crippen LogP contribution in [0.3, 0.4) is 0 Å². The van der Waals surface area contributed by atoms with Crippen LogP contribution in [0.1, 0.15) is 17.2 Å². The van der Waals surface area contributed by atoms with Crippen LogP contribution in [-0.4, -0.2) is 35.8 Å². The Hall–Kier alpha value is -3.45. The molecule has 0 aliphatic rings. The van der Waals surface area contributed by atoms with E-state index in [4.69, 9.17) is 9.47 Å². The maximum absolute atomic E-state index is 12.8. The van der Waals surface area contributed by atoms with Crippen LogP contribution in [0.15, 0.2) is 78.0 Å². The summed E-state index contributed by atoms with van der Waals surface area (Å²) in [6, 6.07) is 23.0. The van der Waals surface area contributed by atoms with Crippen LogP contribution in [0.25, 0.3) is 11.0 Å². The minimum Gasteiger partial charge on any atom is -0.497 e. The predicted molar refractivity (Wildman–Crippen MR) is 123 cm³/mol. The fourth-order valence-electron chi connectivity index (χ4n) is 3.30. The number of rotatable bonds is 8. The van der Waals surface area contributed by atoms with Crippen molar-refractivity contribution in [3.05, 3.63) is 83.9 Å². The summed E-state index contributed by atoms with van der Waals surface area (Å²) >= 11 is 1.37. The molecule has 0 fully saturated rings. The van der Waals surface area contributed by atoms with Gasteiger partial charge in [0, 0.05) is 6.07 Å². The normalized spacial score (nSPS) is 11.8. The minimum absolute atomic E-state index is 0.0762. The molecule has 4 rings (SSSR count). The highest BCUT2D eigenvalue weighted by Gasteiger charge is 2.17. The van der Waals surface area contributed by atoms with Gasteiger partial charge in [-0.2, -0.15) is 0 Å². The molecule has 4 aromatic rings. The third-order valence-electron chi connectivity index (χ3n) is 4.89. The maximum Gasteiger partial charge on any atom is 0.231 e.